The third-order valence-electron chi connectivity index (χ3n) is 4.70. The molecule has 2 N–H and O–H groups in total. The van der Waals surface area contributed by atoms with Crippen LogP contribution in [0, 0.1) is 0 Å². The highest BCUT2D eigenvalue weighted by Crippen LogP contribution is 2.27. The number of ether oxygens (including phenoxy) is 1. The fourth-order valence-corrected chi connectivity index (χ4v) is 3.41. The molecule has 2 heterocycles. The zero-order chi connectivity index (χ0) is 17.4. The van der Waals surface area contributed by atoms with Crippen molar-refractivity contribution in [2.24, 2.45) is 0 Å². The van der Waals surface area contributed by atoms with E-state index in [9.17, 15) is 14.4 Å². The molecule has 0 bridgehead atoms. The quantitative estimate of drug-likeness (QED) is 0.890. The molecule has 0 saturated carbocycles. The van der Waals surface area contributed by atoms with Crippen LogP contribution in [0.1, 0.15) is 44.8 Å². The highest BCUT2D eigenvalue weighted by molar-refractivity contribution is 6.01. The average Bonchev–Trinajstić information content (AvgIpc) is 3.02. The van der Waals surface area contributed by atoms with Crippen molar-refractivity contribution in [3.63, 3.8) is 0 Å². The molecule has 25 heavy (non-hydrogen) atoms. The first-order valence-electron chi connectivity index (χ1n) is 8.44. The molecule has 1 aliphatic heterocycles. The normalized spacial score (nSPS) is 18.2. The van der Waals surface area contributed by atoms with E-state index >= 15 is 0 Å². The van der Waals surface area contributed by atoms with Crippen LogP contribution in [-0.4, -0.2) is 29.3 Å². The number of hydrogen-bond acceptors (Lipinski definition) is 4. The van der Waals surface area contributed by atoms with E-state index in [0.717, 1.165) is 24.2 Å². The number of para-hydroxylation sites is 1. The highest BCUT2D eigenvalue weighted by atomic mass is 16.5. The SMILES string of the molecule is O=C1CCCc2[nH]c(=O)c(C(=O)NC[C@H]3Cc4ccccc4O3)cc21. The summed E-state index contributed by atoms with van der Waals surface area (Å²) in [6.45, 7) is 0.304. The van der Waals surface area contributed by atoms with Gasteiger partial charge in [-0.3, -0.25) is 14.4 Å². The van der Waals surface area contributed by atoms with Gasteiger partial charge in [-0.05, 0) is 30.5 Å². The number of nitrogens with one attached hydrogen (secondary N) is 2. The average molecular weight is 338 g/mol. The molecule has 0 saturated heterocycles. The molecule has 1 atom stereocenters. The number of benzene rings is 1. The molecule has 1 amide bonds. The van der Waals surface area contributed by atoms with Gasteiger partial charge >= 0.3 is 0 Å². The summed E-state index contributed by atoms with van der Waals surface area (Å²) in [5, 5.41) is 2.74. The first-order valence-corrected chi connectivity index (χ1v) is 8.44. The fraction of sp³-hybridized carbons (Fsp3) is 0.316. The second-order valence-electron chi connectivity index (χ2n) is 6.44. The number of H-pyrrole nitrogens is 1. The Hall–Kier alpha value is -2.89. The zero-order valence-corrected chi connectivity index (χ0v) is 13.6. The summed E-state index contributed by atoms with van der Waals surface area (Å²) in [6.07, 6.45) is 2.41. The van der Waals surface area contributed by atoms with Gasteiger partial charge in [-0.1, -0.05) is 18.2 Å². The van der Waals surface area contributed by atoms with Crippen molar-refractivity contribution in [3.8, 4) is 5.75 Å². The van der Waals surface area contributed by atoms with Gasteiger partial charge in [-0.25, -0.2) is 0 Å². The van der Waals surface area contributed by atoms with Gasteiger partial charge in [0.15, 0.2) is 5.78 Å². The number of rotatable bonds is 3. The summed E-state index contributed by atoms with van der Waals surface area (Å²) < 4.78 is 5.78. The number of aromatic amines is 1. The Kier molecular flexibility index (Phi) is 3.87. The third-order valence-corrected chi connectivity index (χ3v) is 4.70. The zero-order valence-electron chi connectivity index (χ0n) is 13.6. The Labute approximate surface area is 144 Å². The minimum Gasteiger partial charge on any atom is -0.488 e. The lowest BCUT2D eigenvalue weighted by atomic mass is 9.93. The largest absolute Gasteiger partial charge is 0.488 e. The van der Waals surface area contributed by atoms with Gasteiger partial charge in [0.25, 0.3) is 11.5 Å². The highest BCUT2D eigenvalue weighted by Gasteiger charge is 2.25. The summed E-state index contributed by atoms with van der Waals surface area (Å²) >= 11 is 0. The van der Waals surface area contributed by atoms with Crippen LogP contribution in [0.2, 0.25) is 0 Å². The monoisotopic (exact) mass is 338 g/mol. The molecule has 0 fully saturated rings. The van der Waals surface area contributed by atoms with Gasteiger partial charge in [-0.2, -0.15) is 0 Å². The van der Waals surface area contributed by atoms with Gasteiger partial charge in [0, 0.05) is 24.1 Å². The van der Waals surface area contributed by atoms with Crippen molar-refractivity contribution in [2.45, 2.75) is 31.8 Å². The minimum absolute atomic E-state index is 0.0236. The van der Waals surface area contributed by atoms with Crippen LogP contribution in [0.25, 0.3) is 0 Å². The van der Waals surface area contributed by atoms with Crippen molar-refractivity contribution < 1.29 is 14.3 Å². The Balaban J connectivity index is 1.46. The number of hydrogen-bond donors (Lipinski definition) is 2. The molecule has 1 aromatic carbocycles. The smallest absolute Gasteiger partial charge is 0.261 e. The Morgan fingerprint density at radius 1 is 1.24 bits per heavy atom. The molecule has 128 valence electrons. The number of aryl methyl sites for hydroxylation is 1. The third kappa shape index (κ3) is 2.95. The number of carbonyl (C=O) groups is 2. The van der Waals surface area contributed by atoms with Crippen LogP contribution < -0.4 is 15.6 Å². The van der Waals surface area contributed by atoms with Gasteiger partial charge in [0.2, 0.25) is 0 Å². The molecule has 1 aliphatic carbocycles. The van der Waals surface area contributed by atoms with Crippen molar-refractivity contribution in [3.05, 3.63) is 63.1 Å². The maximum atomic E-state index is 12.4. The van der Waals surface area contributed by atoms with Crippen LogP contribution in [0.15, 0.2) is 35.1 Å². The van der Waals surface area contributed by atoms with Crippen LogP contribution in [0.5, 0.6) is 5.75 Å². The van der Waals surface area contributed by atoms with E-state index in [4.69, 9.17) is 4.74 Å². The topological polar surface area (TPSA) is 88.3 Å². The van der Waals surface area contributed by atoms with Gasteiger partial charge in [0.05, 0.1) is 6.54 Å². The van der Waals surface area contributed by atoms with Crippen molar-refractivity contribution in [2.75, 3.05) is 6.54 Å². The van der Waals surface area contributed by atoms with Gasteiger partial charge in [-0.15, -0.1) is 0 Å². The fourth-order valence-electron chi connectivity index (χ4n) is 3.41. The van der Waals surface area contributed by atoms with E-state index in [1.807, 2.05) is 24.3 Å². The predicted octanol–water partition coefficient (Wildman–Crippen LogP) is 1.63. The van der Waals surface area contributed by atoms with E-state index in [2.05, 4.69) is 10.3 Å². The number of carbonyl (C=O) groups excluding carboxylic acids is 2. The Morgan fingerprint density at radius 3 is 2.92 bits per heavy atom. The molecule has 2 aromatic rings. The second-order valence-corrected chi connectivity index (χ2v) is 6.44. The summed E-state index contributed by atoms with van der Waals surface area (Å²) in [5.41, 5.74) is 1.72. The lowest BCUT2D eigenvalue weighted by Gasteiger charge is -2.16. The minimum atomic E-state index is -0.484. The van der Waals surface area contributed by atoms with Gasteiger partial charge in [0.1, 0.15) is 17.4 Å². The molecule has 6 heteroatoms. The van der Waals surface area contributed by atoms with Crippen LogP contribution in [-0.2, 0) is 12.8 Å². The van der Waals surface area contributed by atoms with Crippen molar-refractivity contribution >= 4 is 11.7 Å². The summed E-state index contributed by atoms with van der Waals surface area (Å²) in [4.78, 5) is 39.2. The number of aromatic nitrogens is 1. The maximum Gasteiger partial charge on any atom is 0.261 e. The van der Waals surface area contributed by atoms with E-state index in [0.29, 0.717) is 30.6 Å². The van der Waals surface area contributed by atoms with E-state index < -0.39 is 11.5 Å². The van der Waals surface area contributed by atoms with Gasteiger partial charge < -0.3 is 15.0 Å². The molecule has 0 unspecified atom stereocenters. The van der Waals surface area contributed by atoms with E-state index in [-0.39, 0.29) is 17.5 Å². The molecular formula is C19H18N2O4. The Bertz CT molecular complexity index is 891. The summed E-state index contributed by atoms with van der Waals surface area (Å²) in [6, 6.07) is 9.18. The molecule has 0 radical (unpaired) electrons. The number of fused-ring (bicyclic) bond motifs is 2. The summed E-state index contributed by atoms with van der Waals surface area (Å²) in [7, 11) is 0. The van der Waals surface area contributed by atoms with E-state index in [1.54, 1.807) is 0 Å². The number of ketones is 1. The standard InChI is InChI=1S/C19H18N2O4/c22-16-6-3-5-15-13(16)9-14(19(24)21-15)18(23)20-10-12-8-11-4-1-2-7-17(11)25-12/h1-2,4,7,9,12H,3,5-6,8,10H2,(H,20,23)(H,21,24)/t12-/m1/s1. The van der Waals surface area contributed by atoms with Crippen molar-refractivity contribution in [1.82, 2.24) is 10.3 Å². The first kappa shape index (κ1) is 15.6. The second kappa shape index (κ2) is 6.20. The van der Waals surface area contributed by atoms with E-state index in [1.165, 1.54) is 6.07 Å². The van der Waals surface area contributed by atoms with Crippen LogP contribution in [0.3, 0.4) is 0 Å². The number of pyridine rings is 1. The molecule has 0 spiro atoms. The summed E-state index contributed by atoms with van der Waals surface area (Å²) in [5.74, 6) is 0.321. The van der Waals surface area contributed by atoms with Crippen LogP contribution >= 0.6 is 0 Å². The van der Waals surface area contributed by atoms with Crippen LogP contribution in [0.4, 0.5) is 0 Å². The maximum absolute atomic E-state index is 12.4. The molecule has 2 aliphatic rings. The first-order chi connectivity index (χ1) is 12.1. The molecule has 4 rings (SSSR count). The number of Topliss-reactive ketones (excluding diaryl/α,β-unsaturated/α-hetero) is 1. The van der Waals surface area contributed by atoms with Crippen molar-refractivity contribution in [1.29, 1.82) is 0 Å². The Morgan fingerprint density at radius 2 is 2.08 bits per heavy atom. The number of amides is 1. The predicted molar refractivity (Wildman–Crippen MR) is 91.2 cm³/mol. The lowest BCUT2D eigenvalue weighted by molar-refractivity contribution is 0.0932. The molecule has 1 aromatic heterocycles. The molecular weight excluding hydrogens is 320 g/mol. The lowest BCUT2D eigenvalue weighted by Crippen LogP contribution is -2.37. The molecule has 6 nitrogen and oxygen atoms in total.